The van der Waals surface area contributed by atoms with Crippen molar-refractivity contribution < 1.29 is 0 Å². The molecule has 2 heteroatoms. The van der Waals surface area contributed by atoms with Crippen molar-refractivity contribution in [1.82, 2.24) is 0 Å². The van der Waals surface area contributed by atoms with Gasteiger partial charge < -0.3 is 11.5 Å². The first kappa shape index (κ1) is 7.64. The predicted molar refractivity (Wildman–Crippen MR) is 46.8 cm³/mol. The summed E-state index contributed by atoms with van der Waals surface area (Å²) < 4.78 is 0. The second-order valence-corrected chi connectivity index (χ2v) is 2.13. The van der Waals surface area contributed by atoms with E-state index in [0.717, 1.165) is 11.3 Å². The predicted octanol–water partition coefficient (Wildman–Crippen LogP) is 0.579. The van der Waals surface area contributed by atoms with Crippen LogP contribution in [0.5, 0.6) is 0 Å². The smallest absolute Gasteiger partial charge is 0.0555 e. The van der Waals surface area contributed by atoms with Crippen LogP contribution in [0, 0.1) is 11.8 Å². The first-order valence-corrected chi connectivity index (χ1v) is 3.37. The van der Waals surface area contributed by atoms with Gasteiger partial charge in [-0.1, -0.05) is 11.8 Å². The lowest BCUT2D eigenvalue weighted by molar-refractivity contribution is 1.30. The maximum Gasteiger partial charge on any atom is 0.0555 e. The fraction of sp³-hybridized carbons (Fsp3) is 0.111. The summed E-state index contributed by atoms with van der Waals surface area (Å²) in [7, 11) is 0. The molecule has 56 valence electrons. The van der Waals surface area contributed by atoms with Gasteiger partial charge in [0.25, 0.3) is 0 Å². The van der Waals surface area contributed by atoms with E-state index >= 15 is 0 Å². The third-order valence-electron chi connectivity index (χ3n) is 1.25. The van der Waals surface area contributed by atoms with Gasteiger partial charge in [-0.05, 0) is 24.3 Å². The van der Waals surface area contributed by atoms with Crippen LogP contribution in [0.4, 0.5) is 5.69 Å². The first-order valence-electron chi connectivity index (χ1n) is 3.37. The maximum atomic E-state index is 5.48. The van der Waals surface area contributed by atoms with Crippen LogP contribution < -0.4 is 11.5 Å². The van der Waals surface area contributed by atoms with E-state index in [4.69, 9.17) is 11.5 Å². The molecule has 0 amide bonds. The summed E-state index contributed by atoms with van der Waals surface area (Å²) in [5.41, 5.74) is 12.4. The van der Waals surface area contributed by atoms with Gasteiger partial charge in [-0.2, -0.15) is 0 Å². The van der Waals surface area contributed by atoms with Gasteiger partial charge in [0.2, 0.25) is 0 Å². The average Bonchev–Trinajstić information content (AvgIpc) is 2.04. The zero-order valence-electron chi connectivity index (χ0n) is 6.17. The van der Waals surface area contributed by atoms with Crippen molar-refractivity contribution in [2.75, 3.05) is 12.3 Å². The largest absolute Gasteiger partial charge is 0.399 e. The van der Waals surface area contributed by atoms with E-state index in [1.807, 2.05) is 24.3 Å². The lowest BCUT2D eigenvalue weighted by atomic mass is 10.2. The van der Waals surface area contributed by atoms with Gasteiger partial charge in [-0.25, -0.2) is 0 Å². The molecule has 0 saturated heterocycles. The van der Waals surface area contributed by atoms with Gasteiger partial charge in [0.1, 0.15) is 0 Å². The molecule has 0 fully saturated rings. The van der Waals surface area contributed by atoms with Crippen molar-refractivity contribution >= 4 is 5.69 Å². The molecule has 2 nitrogen and oxygen atoms in total. The molecule has 0 heterocycles. The Morgan fingerprint density at radius 2 is 1.82 bits per heavy atom. The molecule has 0 bridgehead atoms. The summed E-state index contributed by atoms with van der Waals surface area (Å²) in [5.74, 6) is 5.66. The molecule has 0 aromatic heterocycles. The van der Waals surface area contributed by atoms with Gasteiger partial charge >= 0.3 is 0 Å². The number of nitrogen functional groups attached to an aromatic ring is 1. The Kier molecular flexibility index (Phi) is 2.53. The van der Waals surface area contributed by atoms with Gasteiger partial charge in [0, 0.05) is 11.3 Å². The van der Waals surface area contributed by atoms with Crippen LogP contribution >= 0.6 is 0 Å². The fourth-order valence-electron chi connectivity index (χ4n) is 0.720. The molecule has 11 heavy (non-hydrogen) atoms. The maximum absolute atomic E-state index is 5.48. The summed E-state index contributed by atoms with van der Waals surface area (Å²) in [6.07, 6.45) is 0. The lowest BCUT2D eigenvalue weighted by Crippen LogP contribution is -1.93. The Labute approximate surface area is 66.2 Å². The lowest BCUT2D eigenvalue weighted by Gasteiger charge is -1.90. The Hall–Kier alpha value is -1.46. The molecule has 0 aliphatic rings. The topological polar surface area (TPSA) is 52.0 Å². The average molecular weight is 146 g/mol. The highest BCUT2D eigenvalue weighted by atomic mass is 14.5. The van der Waals surface area contributed by atoms with Gasteiger partial charge in [-0.15, -0.1) is 0 Å². The second kappa shape index (κ2) is 3.65. The molecule has 4 N–H and O–H groups in total. The highest BCUT2D eigenvalue weighted by Crippen LogP contribution is 2.03. The van der Waals surface area contributed by atoms with E-state index < -0.39 is 0 Å². The van der Waals surface area contributed by atoms with Crippen LogP contribution in [0.15, 0.2) is 24.3 Å². The number of benzene rings is 1. The molecule has 0 unspecified atom stereocenters. The van der Waals surface area contributed by atoms with Gasteiger partial charge in [0.15, 0.2) is 0 Å². The number of rotatable bonds is 0. The molecule has 0 aliphatic carbocycles. The summed E-state index contributed by atoms with van der Waals surface area (Å²) >= 11 is 0. The molecule has 1 aromatic carbocycles. The van der Waals surface area contributed by atoms with Crippen LogP contribution in [-0.4, -0.2) is 6.54 Å². The summed E-state index contributed by atoms with van der Waals surface area (Å²) in [5, 5.41) is 0. The van der Waals surface area contributed by atoms with Crippen LogP contribution in [0.25, 0.3) is 0 Å². The zero-order chi connectivity index (χ0) is 8.10. The van der Waals surface area contributed by atoms with Crippen LogP contribution in [-0.2, 0) is 0 Å². The van der Waals surface area contributed by atoms with Crippen molar-refractivity contribution in [2.45, 2.75) is 0 Å². The minimum Gasteiger partial charge on any atom is -0.399 e. The normalized spacial score (nSPS) is 8.45. The molecule has 0 radical (unpaired) electrons. The fourth-order valence-corrected chi connectivity index (χ4v) is 0.720. The summed E-state index contributed by atoms with van der Waals surface area (Å²) in [6, 6.07) is 7.39. The van der Waals surface area contributed by atoms with Crippen molar-refractivity contribution in [2.24, 2.45) is 5.73 Å². The quantitative estimate of drug-likeness (QED) is 0.415. The van der Waals surface area contributed by atoms with E-state index in [2.05, 4.69) is 11.8 Å². The van der Waals surface area contributed by atoms with E-state index in [-0.39, 0.29) is 0 Å². The van der Waals surface area contributed by atoms with Crippen LogP contribution in [0.3, 0.4) is 0 Å². The van der Waals surface area contributed by atoms with Crippen LogP contribution in [0.1, 0.15) is 5.56 Å². The molecule has 1 rings (SSSR count). The number of nitrogens with two attached hydrogens (primary N) is 2. The van der Waals surface area contributed by atoms with E-state index in [1.54, 1.807) is 0 Å². The molecular formula is C9H10N2. The Morgan fingerprint density at radius 1 is 1.18 bits per heavy atom. The van der Waals surface area contributed by atoms with Gasteiger partial charge in [0.05, 0.1) is 6.54 Å². The highest BCUT2D eigenvalue weighted by Gasteiger charge is 1.84. The molecule has 0 saturated carbocycles. The number of hydrogen-bond donors (Lipinski definition) is 2. The summed E-state index contributed by atoms with van der Waals surface area (Å²) in [6.45, 7) is 0.393. The van der Waals surface area contributed by atoms with E-state index in [0.29, 0.717) is 6.54 Å². The zero-order valence-corrected chi connectivity index (χ0v) is 6.17. The Balaban J connectivity index is 2.82. The Bertz CT molecular complexity index is 277. The van der Waals surface area contributed by atoms with Crippen molar-refractivity contribution in [3.05, 3.63) is 29.8 Å². The van der Waals surface area contributed by atoms with Crippen molar-refractivity contribution in [1.29, 1.82) is 0 Å². The third kappa shape index (κ3) is 2.32. The molecule has 0 aliphatic heterocycles. The van der Waals surface area contributed by atoms with E-state index in [1.165, 1.54) is 0 Å². The second-order valence-electron chi connectivity index (χ2n) is 2.13. The minimum atomic E-state index is 0.393. The number of anilines is 1. The van der Waals surface area contributed by atoms with Crippen molar-refractivity contribution in [3.8, 4) is 11.8 Å². The van der Waals surface area contributed by atoms with E-state index in [9.17, 15) is 0 Å². The minimum absolute atomic E-state index is 0.393. The molecule has 0 atom stereocenters. The SMILES string of the molecule is NCC#Cc1ccc(N)cc1. The molecule has 1 aromatic rings. The standard InChI is InChI=1S/C9H10N2/c10-7-1-2-8-3-5-9(11)6-4-8/h3-6H,7,10-11H2. The summed E-state index contributed by atoms with van der Waals surface area (Å²) in [4.78, 5) is 0. The number of hydrogen-bond acceptors (Lipinski definition) is 2. The first-order chi connectivity index (χ1) is 5.33. The van der Waals surface area contributed by atoms with Crippen LogP contribution in [0.2, 0.25) is 0 Å². The van der Waals surface area contributed by atoms with Gasteiger partial charge in [-0.3, -0.25) is 0 Å². The molecular weight excluding hydrogens is 136 g/mol. The Morgan fingerprint density at radius 3 is 2.36 bits per heavy atom. The van der Waals surface area contributed by atoms with Crippen molar-refractivity contribution in [3.63, 3.8) is 0 Å². The third-order valence-corrected chi connectivity index (χ3v) is 1.25. The highest BCUT2D eigenvalue weighted by molar-refractivity contribution is 5.44. The monoisotopic (exact) mass is 146 g/mol. The molecule has 0 spiro atoms.